The smallest absolute Gasteiger partial charge is 0.324 e. The van der Waals surface area contributed by atoms with Crippen LogP contribution in [0.1, 0.15) is 12.8 Å². The number of fused-ring (bicyclic) bond motifs is 1. The van der Waals surface area contributed by atoms with E-state index in [2.05, 4.69) is 0 Å². The summed E-state index contributed by atoms with van der Waals surface area (Å²) in [4.78, 5) is 27.6. The van der Waals surface area contributed by atoms with Gasteiger partial charge in [0.05, 0.1) is 11.4 Å². The van der Waals surface area contributed by atoms with E-state index in [0.717, 1.165) is 30.4 Å². The molecule has 2 heterocycles. The summed E-state index contributed by atoms with van der Waals surface area (Å²) in [7, 11) is 0. The highest BCUT2D eigenvalue weighted by molar-refractivity contribution is 6.39. The number of urea groups is 1. The highest BCUT2D eigenvalue weighted by Gasteiger charge is 2.34. The van der Waals surface area contributed by atoms with Crippen molar-refractivity contribution in [1.82, 2.24) is 4.90 Å². The molecule has 1 fully saturated rings. The van der Waals surface area contributed by atoms with Gasteiger partial charge < -0.3 is 4.90 Å². The van der Waals surface area contributed by atoms with E-state index in [-0.39, 0.29) is 18.5 Å². The van der Waals surface area contributed by atoms with Gasteiger partial charge in [0.2, 0.25) is 0 Å². The Kier molecular flexibility index (Phi) is 3.06. The number of nitrogens with zero attached hydrogens (tertiary/aromatic N) is 3. The molecule has 0 unspecified atom stereocenters. The summed E-state index contributed by atoms with van der Waals surface area (Å²) in [6.07, 6.45) is 2.05. The predicted molar refractivity (Wildman–Crippen MR) is 73.3 cm³/mol. The Bertz CT molecular complexity index is 528. The predicted octanol–water partition coefficient (Wildman–Crippen LogP) is 2.21. The topological polar surface area (TPSA) is 43.9 Å². The number of hydrogen-bond donors (Lipinski definition) is 0. The first-order valence-corrected chi connectivity index (χ1v) is 6.66. The van der Waals surface area contributed by atoms with Gasteiger partial charge in [-0.15, -0.1) is 0 Å². The zero-order valence-corrected chi connectivity index (χ0v) is 11.1. The molecular formula is C13H14ClN3O2. The second-order valence-corrected chi connectivity index (χ2v) is 5.06. The van der Waals surface area contributed by atoms with E-state index >= 15 is 0 Å². The van der Waals surface area contributed by atoms with Crippen LogP contribution in [0.15, 0.2) is 24.3 Å². The average Bonchev–Trinajstić information content (AvgIpc) is 2.96. The van der Waals surface area contributed by atoms with Gasteiger partial charge >= 0.3 is 6.03 Å². The molecule has 5 nitrogen and oxygen atoms in total. The molecule has 2 aliphatic heterocycles. The number of carbonyl (C=O) groups excluding carboxylic acids is 2. The lowest BCUT2D eigenvalue weighted by Crippen LogP contribution is -2.49. The first-order valence-electron chi connectivity index (χ1n) is 6.32. The molecule has 2 aliphatic rings. The fourth-order valence-corrected chi connectivity index (χ4v) is 2.72. The molecule has 100 valence electrons. The molecule has 0 aliphatic carbocycles. The third-order valence-electron chi connectivity index (χ3n) is 3.50. The third kappa shape index (κ3) is 2.04. The van der Waals surface area contributed by atoms with E-state index in [1.165, 1.54) is 4.90 Å². The van der Waals surface area contributed by atoms with Gasteiger partial charge in [-0.05, 0) is 25.0 Å². The fraction of sp³-hybridized carbons (Fsp3) is 0.385. The van der Waals surface area contributed by atoms with Crippen LogP contribution < -0.4 is 9.32 Å². The molecule has 0 radical (unpaired) electrons. The zero-order valence-electron chi connectivity index (χ0n) is 10.4. The van der Waals surface area contributed by atoms with Crippen LogP contribution in [-0.4, -0.2) is 36.5 Å². The van der Waals surface area contributed by atoms with Crippen LogP contribution in [0.2, 0.25) is 0 Å². The number of rotatable bonds is 0. The van der Waals surface area contributed by atoms with Crippen molar-refractivity contribution in [3.05, 3.63) is 24.3 Å². The molecule has 0 N–H and O–H groups in total. The number of hydrogen-bond acceptors (Lipinski definition) is 2. The lowest BCUT2D eigenvalue weighted by Gasteiger charge is -2.34. The van der Waals surface area contributed by atoms with Gasteiger partial charge in [0.25, 0.3) is 5.91 Å². The van der Waals surface area contributed by atoms with Crippen LogP contribution in [0.3, 0.4) is 0 Å². The minimum absolute atomic E-state index is 0.00412. The van der Waals surface area contributed by atoms with Crippen LogP contribution in [0.5, 0.6) is 0 Å². The van der Waals surface area contributed by atoms with E-state index in [9.17, 15) is 9.59 Å². The molecule has 0 aromatic heterocycles. The summed E-state index contributed by atoms with van der Waals surface area (Å²) >= 11 is 5.96. The van der Waals surface area contributed by atoms with Crippen molar-refractivity contribution in [3.8, 4) is 0 Å². The van der Waals surface area contributed by atoms with Gasteiger partial charge in [-0.1, -0.05) is 12.1 Å². The number of carbonyl (C=O) groups is 2. The highest BCUT2D eigenvalue weighted by atomic mass is 35.5. The zero-order chi connectivity index (χ0) is 13.4. The van der Waals surface area contributed by atoms with Crippen molar-refractivity contribution < 1.29 is 9.59 Å². The average molecular weight is 280 g/mol. The molecule has 6 heteroatoms. The van der Waals surface area contributed by atoms with E-state index in [0.29, 0.717) is 11.4 Å². The molecule has 0 atom stereocenters. The molecule has 3 amide bonds. The minimum atomic E-state index is -0.284. The van der Waals surface area contributed by atoms with Gasteiger partial charge in [-0.3, -0.25) is 9.69 Å². The van der Waals surface area contributed by atoms with Gasteiger partial charge in [-0.2, -0.15) is 0 Å². The van der Waals surface area contributed by atoms with Gasteiger partial charge in [0.1, 0.15) is 6.54 Å². The monoisotopic (exact) mass is 279 g/mol. The van der Waals surface area contributed by atoms with E-state index < -0.39 is 0 Å². The number of para-hydroxylation sites is 2. The Morgan fingerprint density at radius 3 is 2.42 bits per heavy atom. The minimum Gasteiger partial charge on any atom is -0.324 e. The molecule has 19 heavy (non-hydrogen) atoms. The summed E-state index contributed by atoms with van der Waals surface area (Å²) in [5.41, 5.74) is 1.25. The fourth-order valence-electron chi connectivity index (χ4n) is 2.53. The number of amides is 3. The van der Waals surface area contributed by atoms with Crippen molar-refractivity contribution >= 4 is 35.1 Å². The molecule has 1 saturated heterocycles. The van der Waals surface area contributed by atoms with E-state index in [4.69, 9.17) is 11.8 Å². The van der Waals surface area contributed by atoms with Gasteiger partial charge in [0.15, 0.2) is 0 Å². The van der Waals surface area contributed by atoms with Crippen molar-refractivity contribution in [3.63, 3.8) is 0 Å². The first kappa shape index (κ1) is 12.3. The first-order chi connectivity index (χ1) is 9.18. The SMILES string of the molecule is O=C1CN(C(=O)N2CCCC2)c2ccccc2N1Cl. The van der Waals surface area contributed by atoms with Crippen molar-refractivity contribution in [1.29, 1.82) is 0 Å². The second kappa shape index (κ2) is 4.74. The van der Waals surface area contributed by atoms with Crippen molar-refractivity contribution in [2.75, 3.05) is 29.0 Å². The summed E-state index contributed by atoms with van der Waals surface area (Å²) in [6.45, 7) is 1.52. The Morgan fingerprint density at radius 2 is 1.74 bits per heavy atom. The van der Waals surface area contributed by atoms with Crippen molar-refractivity contribution in [2.24, 2.45) is 0 Å². The van der Waals surface area contributed by atoms with Crippen LogP contribution >= 0.6 is 11.8 Å². The second-order valence-electron chi connectivity index (χ2n) is 4.73. The Hall–Kier alpha value is -1.75. The summed E-state index contributed by atoms with van der Waals surface area (Å²) in [5.74, 6) is -0.284. The largest absolute Gasteiger partial charge is 0.325 e. The molecule has 0 saturated carbocycles. The van der Waals surface area contributed by atoms with E-state index in [1.54, 1.807) is 17.0 Å². The number of halogens is 1. The maximum atomic E-state index is 12.5. The van der Waals surface area contributed by atoms with E-state index in [1.807, 2.05) is 12.1 Å². The van der Waals surface area contributed by atoms with Crippen LogP contribution in [0.25, 0.3) is 0 Å². The summed E-state index contributed by atoms with van der Waals surface area (Å²) in [6, 6.07) is 7.08. The standard InChI is InChI=1S/C13H14ClN3O2/c14-17-11-6-2-1-5-10(11)16(9-12(17)18)13(19)15-7-3-4-8-15/h1-2,5-6H,3-4,7-9H2. The third-order valence-corrected chi connectivity index (χ3v) is 3.87. The summed E-state index contributed by atoms with van der Waals surface area (Å²) in [5, 5.41) is 0. The molecule has 0 bridgehead atoms. The lowest BCUT2D eigenvalue weighted by atomic mass is 10.2. The normalized spacial score (nSPS) is 18.8. The van der Waals surface area contributed by atoms with Gasteiger partial charge in [-0.25, -0.2) is 9.21 Å². The maximum Gasteiger partial charge on any atom is 0.325 e. The van der Waals surface area contributed by atoms with Crippen LogP contribution in [0.4, 0.5) is 16.2 Å². The summed E-state index contributed by atoms with van der Waals surface area (Å²) < 4.78 is 1.09. The lowest BCUT2D eigenvalue weighted by molar-refractivity contribution is -0.116. The number of likely N-dealkylation sites (tertiary alicyclic amines) is 1. The van der Waals surface area contributed by atoms with Crippen molar-refractivity contribution in [2.45, 2.75) is 12.8 Å². The number of anilines is 2. The Morgan fingerprint density at radius 1 is 1.11 bits per heavy atom. The maximum absolute atomic E-state index is 12.5. The molecule has 3 rings (SSSR count). The quantitative estimate of drug-likeness (QED) is 0.684. The Balaban J connectivity index is 1.96. The van der Waals surface area contributed by atoms with Crippen LogP contribution in [0, 0.1) is 0 Å². The van der Waals surface area contributed by atoms with Gasteiger partial charge in [0, 0.05) is 24.9 Å². The molecule has 1 aromatic rings. The van der Waals surface area contributed by atoms with Crippen LogP contribution in [-0.2, 0) is 4.79 Å². The molecule has 0 spiro atoms. The Labute approximate surface area is 116 Å². The number of benzene rings is 1. The molecular weight excluding hydrogens is 266 g/mol. The highest BCUT2D eigenvalue weighted by Crippen LogP contribution is 2.35. The molecule has 1 aromatic carbocycles.